The summed E-state index contributed by atoms with van der Waals surface area (Å²) >= 11 is 0. The minimum Gasteiger partial charge on any atom is -0.460 e. The number of hydrogen-bond acceptors (Lipinski definition) is 3. The SMILES string of the molecule is CC1(CNCc2cc3ccccc3o2)CCCO1. The quantitative estimate of drug-likeness (QED) is 0.898. The zero-order chi connectivity index (χ0) is 12.4. The van der Waals surface area contributed by atoms with Crippen molar-refractivity contribution in [3.05, 3.63) is 36.1 Å². The average Bonchev–Trinajstić information content (AvgIpc) is 2.95. The number of nitrogens with one attached hydrogen (secondary N) is 1. The molecule has 0 bridgehead atoms. The van der Waals surface area contributed by atoms with Crippen LogP contribution in [0.25, 0.3) is 11.0 Å². The summed E-state index contributed by atoms with van der Waals surface area (Å²) in [6, 6.07) is 10.2. The molecule has 1 saturated heterocycles. The highest BCUT2D eigenvalue weighted by Crippen LogP contribution is 2.24. The Morgan fingerprint density at radius 1 is 1.33 bits per heavy atom. The van der Waals surface area contributed by atoms with Crippen LogP contribution in [0.3, 0.4) is 0 Å². The Morgan fingerprint density at radius 3 is 3.00 bits per heavy atom. The van der Waals surface area contributed by atoms with Crippen LogP contribution in [0.5, 0.6) is 0 Å². The number of rotatable bonds is 4. The van der Waals surface area contributed by atoms with Crippen LogP contribution in [-0.4, -0.2) is 18.8 Å². The summed E-state index contributed by atoms with van der Waals surface area (Å²) in [4.78, 5) is 0. The first-order chi connectivity index (χ1) is 8.75. The van der Waals surface area contributed by atoms with Crippen molar-refractivity contribution in [2.24, 2.45) is 0 Å². The predicted molar refractivity (Wildman–Crippen MR) is 71.5 cm³/mol. The fourth-order valence-electron chi connectivity index (χ4n) is 2.55. The molecule has 1 aliphatic heterocycles. The molecule has 1 atom stereocenters. The Labute approximate surface area is 107 Å². The predicted octanol–water partition coefficient (Wildman–Crippen LogP) is 3.09. The normalized spacial score (nSPS) is 23.8. The Kier molecular flexibility index (Phi) is 3.10. The van der Waals surface area contributed by atoms with E-state index in [2.05, 4.69) is 24.4 Å². The second kappa shape index (κ2) is 4.75. The fraction of sp³-hybridized carbons (Fsp3) is 0.467. The lowest BCUT2D eigenvalue weighted by atomic mass is 10.0. The smallest absolute Gasteiger partial charge is 0.134 e. The van der Waals surface area contributed by atoms with E-state index in [1.807, 2.05) is 18.2 Å². The first kappa shape index (κ1) is 11.8. The Balaban J connectivity index is 1.59. The summed E-state index contributed by atoms with van der Waals surface area (Å²) in [6.07, 6.45) is 2.31. The van der Waals surface area contributed by atoms with Crippen LogP contribution in [-0.2, 0) is 11.3 Å². The summed E-state index contributed by atoms with van der Waals surface area (Å²) < 4.78 is 11.5. The third-order valence-corrected chi connectivity index (χ3v) is 3.58. The first-order valence-corrected chi connectivity index (χ1v) is 6.57. The van der Waals surface area contributed by atoms with Crippen LogP contribution < -0.4 is 5.32 Å². The van der Waals surface area contributed by atoms with Crippen molar-refractivity contribution in [1.29, 1.82) is 0 Å². The van der Waals surface area contributed by atoms with Crippen molar-refractivity contribution in [2.75, 3.05) is 13.2 Å². The van der Waals surface area contributed by atoms with Crippen molar-refractivity contribution in [3.8, 4) is 0 Å². The van der Waals surface area contributed by atoms with Crippen molar-refractivity contribution < 1.29 is 9.15 Å². The monoisotopic (exact) mass is 245 g/mol. The number of furan rings is 1. The van der Waals surface area contributed by atoms with Gasteiger partial charge in [-0.05, 0) is 31.9 Å². The van der Waals surface area contributed by atoms with Crippen molar-refractivity contribution >= 4 is 11.0 Å². The van der Waals surface area contributed by atoms with Crippen molar-refractivity contribution in [1.82, 2.24) is 5.32 Å². The van der Waals surface area contributed by atoms with Crippen molar-refractivity contribution in [2.45, 2.75) is 31.9 Å². The molecule has 2 heterocycles. The van der Waals surface area contributed by atoms with E-state index in [9.17, 15) is 0 Å². The molecule has 96 valence electrons. The van der Waals surface area contributed by atoms with Crippen LogP contribution >= 0.6 is 0 Å². The molecule has 3 nitrogen and oxygen atoms in total. The fourth-order valence-corrected chi connectivity index (χ4v) is 2.55. The highest BCUT2D eigenvalue weighted by Gasteiger charge is 2.29. The molecule has 0 saturated carbocycles. The highest BCUT2D eigenvalue weighted by atomic mass is 16.5. The molecule has 0 radical (unpaired) electrons. The summed E-state index contributed by atoms with van der Waals surface area (Å²) in [6.45, 7) is 4.70. The van der Waals surface area contributed by atoms with E-state index in [0.717, 1.165) is 42.8 Å². The molecule has 3 rings (SSSR count). The molecule has 2 aromatic rings. The van der Waals surface area contributed by atoms with Gasteiger partial charge in [-0.3, -0.25) is 0 Å². The van der Waals surface area contributed by atoms with Crippen LogP contribution in [0.4, 0.5) is 0 Å². The molecule has 1 aliphatic rings. The largest absolute Gasteiger partial charge is 0.460 e. The molecular formula is C15H19NO2. The second-order valence-corrected chi connectivity index (χ2v) is 5.26. The Morgan fingerprint density at radius 2 is 2.22 bits per heavy atom. The first-order valence-electron chi connectivity index (χ1n) is 6.57. The Hall–Kier alpha value is -1.32. The minimum atomic E-state index is 0.00597. The molecule has 1 unspecified atom stereocenters. The van der Waals surface area contributed by atoms with Gasteiger partial charge in [-0.25, -0.2) is 0 Å². The molecule has 1 N–H and O–H groups in total. The standard InChI is InChI=1S/C15H19NO2/c1-15(7-4-8-17-15)11-16-10-13-9-12-5-2-3-6-14(12)18-13/h2-3,5-6,9,16H,4,7-8,10-11H2,1H3. The van der Waals surface area contributed by atoms with Gasteiger partial charge in [0.15, 0.2) is 0 Å². The number of benzene rings is 1. The molecule has 3 heteroatoms. The van der Waals surface area contributed by atoms with Gasteiger partial charge in [-0.2, -0.15) is 0 Å². The third-order valence-electron chi connectivity index (χ3n) is 3.58. The second-order valence-electron chi connectivity index (χ2n) is 5.26. The molecule has 1 aromatic carbocycles. The van der Waals surface area contributed by atoms with Crippen LogP contribution in [0.1, 0.15) is 25.5 Å². The minimum absolute atomic E-state index is 0.00597. The maximum Gasteiger partial charge on any atom is 0.134 e. The van der Waals surface area contributed by atoms with Gasteiger partial charge in [0, 0.05) is 18.5 Å². The summed E-state index contributed by atoms with van der Waals surface area (Å²) in [5.74, 6) is 0.984. The zero-order valence-corrected chi connectivity index (χ0v) is 10.7. The van der Waals surface area contributed by atoms with E-state index in [4.69, 9.17) is 9.15 Å². The lowest BCUT2D eigenvalue weighted by Crippen LogP contribution is -2.36. The van der Waals surface area contributed by atoms with Crippen LogP contribution in [0, 0.1) is 0 Å². The van der Waals surface area contributed by atoms with Gasteiger partial charge < -0.3 is 14.5 Å². The van der Waals surface area contributed by atoms with Gasteiger partial charge in [-0.1, -0.05) is 18.2 Å². The number of para-hydroxylation sites is 1. The average molecular weight is 245 g/mol. The van der Waals surface area contributed by atoms with E-state index in [1.54, 1.807) is 0 Å². The Bertz CT molecular complexity index is 493. The zero-order valence-electron chi connectivity index (χ0n) is 10.7. The lowest BCUT2D eigenvalue weighted by Gasteiger charge is -2.23. The summed E-state index contributed by atoms with van der Waals surface area (Å²) in [7, 11) is 0. The van der Waals surface area contributed by atoms with E-state index in [-0.39, 0.29) is 5.60 Å². The maximum absolute atomic E-state index is 5.76. The van der Waals surface area contributed by atoms with Gasteiger partial charge in [0.05, 0.1) is 12.1 Å². The highest BCUT2D eigenvalue weighted by molar-refractivity contribution is 5.77. The van der Waals surface area contributed by atoms with Crippen LogP contribution in [0.15, 0.2) is 34.7 Å². The number of hydrogen-bond donors (Lipinski definition) is 1. The van der Waals surface area contributed by atoms with E-state index < -0.39 is 0 Å². The molecular weight excluding hydrogens is 226 g/mol. The molecule has 18 heavy (non-hydrogen) atoms. The third kappa shape index (κ3) is 2.42. The van der Waals surface area contributed by atoms with E-state index in [1.165, 1.54) is 6.42 Å². The summed E-state index contributed by atoms with van der Waals surface area (Å²) in [5, 5.41) is 4.59. The maximum atomic E-state index is 5.76. The van der Waals surface area contributed by atoms with Crippen molar-refractivity contribution in [3.63, 3.8) is 0 Å². The molecule has 0 aliphatic carbocycles. The van der Waals surface area contributed by atoms with Gasteiger partial charge in [-0.15, -0.1) is 0 Å². The summed E-state index contributed by atoms with van der Waals surface area (Å²) in [5.41, 5.74) is 0.962. The van der Waals surface area contributed by atoms with Crippen LogP contribution in [0.2, 0.25) is 0 Å². The molecule has 0 spiro atoms. The van der Waals surface area contributed by atoms with Gasteiger partial charge in [0.1, 0.15) is 11.3 Å². The van der Waals surface area contributed by atoms with Gasteiger partial charge in [0.25, 0.3) is 0 Å². The van der Waals surface area contributed by atoms with E-state index in [0.29, 0.717) is 0 Å². The molecule has 0 amide bonds. The topological polar surface area (TPSA) is 34.4 Å². The molecule has 1 fully saturated rings. The van der Waals surface area contributed by atoms with Gasteiger partial charge >= 0.3 is 0 Å². The number of ether oxygens (including phenoxy) is 1. The van der Waals surface area contributed by atoms with Gasteiger partial charge in [0.2, 0.25) is 0 Å². The molecule has 1 aromatic heterocycles. The number of fused-ring (bicyclic) bond motifs is 1. The van der Waals surface area contributed by atoms with E-state index >= 15 is 0 Å². The lowest BCUT2D eigenvalue weighted by molar-refractivity contribution is 0.0204.